The van der Waals surface area contributed by atoms with Gasteiger partial charge in [0, 0.05) is 14.9 Å². The molecule has 104 valence electrons. The van der Waals surface area contributed by atoms with Gasteiger partial charge in [0.2, 0.25) is 0 Å². The van der Waals surface area contributed by atoms with E-state index >= 15 is 0 Å². The Hall–Kier alpha value is -1.37. The summed E-state index contributed by atoms with van der Waals surface area (Å²) in [5.41, 5.74) is 0.449. The number of halogens is 2. The van der Waals surface area contributed by atoms with Gasteiger partial charge in [-0.1, -0.05) is 11.6 Å². The van der Waals surface area contributed by atoms with Crippen LogP contribution in [0.4, 0.5) is 5.00 Å². The molecule has 2 N–H and O–H groups in total. The minimum absolute atomic E-state index is 0.0871. The molecular formula is C13H9BrClNO3S. The molecule has 1 heterocycles. The van der Waals surface area contributed by atoms with E-state index < -0.39 is 11.9 Å². The summed E-state index contributed by atoms with van der Waals surface area (Å²) in [6.07, 6.45) is 0. The van der Waals surface area contributed by atoms with Crippen LogP contribution in [0.3, 0.4) is 0 Å². The topological polar surface area (TPSA) is 66.4 Å². The van der Waals surface area contributed by atoms with E-state index in [4.69, 9.17) is 16.7 Å². The number of hydrogen-bond donors (Lipinski definition) is 2. The van der Waals surface area contributed by atoms with Gasteiger partial charge in [-0.3, -0.25) is 4.79 Å². The summed E-state index contributed by atoms with van der Waals surface area (Å²) in [4.78, 5) is 24.0. The number of carboxylic acids is 1. The van der Waals surface area contributed by atoms with Crippen LogP contribution in [0.1, 0.15) is 25.6 Å². The fraction of sp³-hybridized carbons (Fsp3) is 0.0769. The SMILES string of the molecule is Cc1cc(C(=O)O)c(NC(=O)c2ccc(Br)c(Cl)c2)s1. The van der Waals surface area contributed by atoms with E-state index in [2.05, 4.69) is 21.2 Å². The Morgan fingerprint density at radius 2 is 2.05 bits per heavy atom. The number of anilines is 1. The van der Waals surface area contributed by atoms with Gasteiger partial charge in [-0.05, 0) is 47.1 Å². The molecule has 0 aliphatic rings. The minimum Gasteiger partial charge on any atom is -0.478 e. The zero-order valence-electron chi connectivity index (χ0n) is 10.2. The van der Waals surface area contributed by atoms with Crippen LogP contribution in [0, 0.1) is 6.92 Å². The zero-order chi connectivity index (χ0) is 14.9. The van der Waals surface area contributed by atoms with Gasteiger partial charge in [0.15, 0.2) is 0 Å². The van der Waals surface area contributed by atoms with Crippen molar-refractivity contribution in [3.05, 3.63) is 49.8 Å². The van der Waals surface area contributed by atoms with Crippen LogP contribution in [0.15, 0.2) is 28.7 Å². The van der Waals surface area contributed by atoms with Gasteiger partial charge in [-0.25, -0.2) is 4.79 Å². The largest absolute Gasteiger partial charge is 0.478 e. The molecular weight excluding hydrogens is 366 g/mol. The highest BCUT2D eigenvalue weighted by molar-refractivity contribution is 9.10. The molecule has 7 heteroatoms. The summed E-state index contributed by atoms with van der Waals surface area (Å²) in [7, 11) is 0. The van der Waals surface area contributed by atoms with Gasteiger partial charge in [0.1, 0.15) is 5.00 Å². The van der Waals surface area contributed by atoms with Gasteiger partial charge in [-0.15, -0.1) is 11.3 Å². The van der Waals surface area contributed by atoms with Crippen molar-refractivity contribution in [2.75, 3.05) is 5.32 Å². The smallest absolute Gasteiger partial charge is 0.338 e. The maximum absolute atomic E-state index is 12.1. The molecule has 1 amide bonds. The monoisotopic (exact) mass is 373 g/mol. The van der Waals surface area contributed by atoms with Crippen LogP contribution < -0.4 is 5.32 Å². The van der Waals surface area contributed by atoms with E-state index in [0.717, 1.165) is 4.88 Å². The highest BCUT2D eigenvalue weighted by Gasteiger charge is 2.17. The van der Waals surface area contributed by atoms with Crippen molar-refractivity contribution in [3.8, 4) is 0 Å². The summed E-state index contributed by atoms with van der Waals surface area (Å²) >= 11 is 10.4. The molecule has 2 rings (SSSR count). The normalized spacial score (nSPS) is 10.3. The van der Waals surface area contributed by atoms with Crippen LogP contribution in [0.25, 0.3) is 0 Å². The summed E-state index contributed by atoms with van der Waals surface area (Å²) in [5.74, 6) is -1.47. The molecule has 0 aliphatic heterocycles. The first-order chi connectivity index (χ1) is 9.38. The quantitative estimate of drug-likeness (QED) is 0.835. The van der Waals surface area contributed by atoms with Crippen molar-refractivity contribution < 1.29 is 14.7 Å². The molecule has 1 aromatic carbocycles. The Labute approximate surface area is 132 Å². The Bertz CT molecular complexity index is 699. The van der Waals surface area contributed by atoms with E-state index in [0.29, 0.717) is 20.1 Å². The Kier molecular flexibility index (Phi) is 4.47. The maximum atomic E-state index is 12.1. The first-order valence-electron chi connectivity index (χ1n) is 5.48. The molecule has 4 nitrogen and oxygen atoms in total. The average molecular weight is 375 g/mol. The number of benzene rings is 1. The molecule has 0 saturated heterocycles. The number of nitrogens with one attached hydrogen (secondary N) is 1. The third kappa shape index (κ3) is 3.20. The zero-order valence-corrected chi connectivity index (χ0v) is 13.4. The second kappa shape index (κ2) is 5.95. The number of aromatic carboxylic acids is 1. The third-order valence-corrected chi connectivity index (χ3v) is 4.69. The lowest BCUT2D eigenvalue weighted by Gasteiger charge is -2.05. The van der Waals surface area contributed by atoms with Gasteiger partial charge in [0.05, 0.1) is 10.6 Å². The van der Waals surface area contributed by atoms with Crippen molar-refractivity contribution in [2.45, 2.75) is 6.92 Å². The number of amides is 1. The lowest BCUT2D eigenvalue weighted by molar-refractivity contribution is 0.0698. The second-order valence-electron chi connectivity index (χ2n) is 3.99. The maximum Gasteiger partial charge on any atom is 0.338 e. The van der Waals surface area contributed by atoms with Gasteiger partial charge in [0.25, 0.3) is 5.91 Å². The fourth-order valence-corrected chi connectivity index (χ4v) is 2.90. The number of carbonyl (C=O) groups is 2. The highest BCUT2D eigenvalue weighted by Crippen LogP contribution is 2.29. The number of thiophene rings is 1. The van der Waals surface area contributed by atoms with Gasteiger partial charge >= 0.3 is 5.97 Å². The number of aryl methyl sites for hydroxylation is 1. The predicted octanol–water partition coefficient (Wildman–Crippen LogP) is 4.42. The number of carboxylic acid groups (broad SMARTS) is 1. The van der Waals surface area contributed by atoms with E-state index in [-0.39, 0.29) is 5.56 Å². The first kappa shape index (κ1) is 15.0. The van der Waals surface area contributed by atoms with E-state index in [1.165, 1.54) is 23.5 Å². The van der Waals surface area contributed by atoms with Gasteiger partial charge < -0.3 is 10.4 Å². The van der Waals surface area contributed by atoms with Crippen molar-refractivity contribution >= 4 is 55.7 Å². The molecule has 0 saturated carbocycles. The van der Waals surface area contributed by atoms with Crippen LogP contribution in [-0.4, -0.2) is 17.0 Å². The third-order valence-electron chi connectivity index (χ3n) is 2.49. The molecule has 20 heavy (non-hydrogen) atoms. The number of carbonyl (C=O) groups excluding carboxylic acids is 1. The molecule has 0 fully saturated rings. The summed E-state index contributed by atoms with van der Waals surface area (Å²) < 4.78 is 0.689. The van der Waals surface area contributed by atoms with E-state index in [9.17, 15) is 9.59 Å². The van der Waals surface area contributed by atoms with Crippen LogP contribution in [-0.2, 0) is 0 Å². The predicted molar refractivity (Wildman–Crippen MR) is 83.1 cm³/mol. The summed E-state index contributed by atoms with van der Waals surface area (Å²) in [6, 6.07) is 6.31. The molecule has 1 aromatic heterocycles. The highest BCUT2D eigenvalue weighted by atomic mass is 79.9. The Balaban J connectivity index is 2.27. The number of hydrogen-bond acceptors (Lipinski definition) is 3. The Morgan fingerprint density at radius 3 is 2.65 bits per heavy atom. The van der Waals surface area contributed by atoms with Crippen molar-refractivity contribution in [2.24, 2.45) is 0 Å². The molecule has 0 aliphatic carbocycles. The van der Waals surface area contributed by atoms with E-state index in [1.807, 2.05) is 0 Å². The summed E-state index contributed by atoms with van der Waals surface area (Å²) in [6.45, 7) is 1.78. The van der Waals surface area contributed by atoms with Crippen molar-refractivity contribution in [1.29, 1.82) is 0 Å². The molecule has 0 unspecified atom stereocenters. The van der Waals surface area contributed by atoms with E-state index in [1.54, 1.807) is 19.1 Å². The lowest BCUT2D eigenvalue weighted by atomic mass is 10.2. The first-order valence-corrected chi connectivity index (χ1v) is 7.47. The molecule has 2 aromatic rings. The van der Waals surface area contributed by atoms with Crippen LogP contribution >= 0.6 is 38.9 Å². The van der Waals surface area contributed by atoms with Crippen molar-refractivity contribution in [3.63, 3.8) is 0 Å². The van der Waals surface area contributed by atoms with Gasteiger partial charge in [-0.2, -0.15) is 0 Å². The van der Waals surface area contributed by atoms with Crippen LogP contribution in [0.5, 0.6) is 0 Å². The average Bonchev–Trinajstić information content (AvgIpc) is 2.73. The molecule has 0 spiro atoms. The molecule has 0 radical (unpaired) electrons. The molecule has 0 atom stereocenters. The lowest BCUT2D eigenvalue weighted by Crippen LogP contribution is -2.13. The second-order valence-corrected chi connectivity index (χ2v) is 6.51. The number of rotatable bonds is 3. The Morgan fingerprint density at radius 1 is 1.35 bits per heavy atom. The summed E-state index contributed by atoms with van der Waals surface area (Å²) in [5, 5.41) is 12.4. The molecule has 0 bridgehead atoms. The van der Waals surface area contributed by atoms with Crippen molar-refractivity contribution in [1.82, 2.24) is 0 Å². The minimum atomic E-state index is -1.07. The fourth-order valence-electron chi connectivity index (χ4n) is 1.58. The standard InChI is InChI=1S/C13H9BrClNO3S/c1-6-4-8(13(18)19)12(20-6)16-11(17)7-2-3-9(14)10(15)5-7/h2-5H,1H3,(H,16,17)(H,18,19). The van der Waals surface area contributed by atoms with Crippen LogP contribution in [0.2, 0.25) is 5.02 Å².